The lowest BCUT2D eigenvalue weighted by molar-refractivity contribution is -0.149. The molecule has 0 spiro atoms. The van der Waals surface area contributed by atoms with Crippen LogP contribution in [-0.4, -0.2) is 36.3 Å². The Morgan fingerprint density at radius 3 is 2.55 bits per heavy atom. The van der Waals surface area contributed by atoms with E-state index in [1.807, 2.05) is 4.90 Å². The van der Waals surface area contributed by atoms with Crippen LogP contribution in [0.4, 0.5) is 0 Å². The summed E-state index contributed by atoms with van der Waals surface area (Å²) in [5.41, 5.74) is -0.964. The fourth-order valence-electron chi connectivity index (χ4n) is 2.56. The van der Waals surface area contributed by atoms with Crippen molar-refractivity contribution in [3.8, 4) is 0 Å². The summed E-state index contributed by atoms with van der Waals surface area (Å²) in [6, 6.07) is 0. The molecule has 4 nitrogen and oxygen atoms in total. The van der Waals surface area contributed by atoms with E-state index < -0.39 is 5.41 Å². The fraction of sp³-hybridized carbons (Fsp3) is 0.875. The molecule has 1 fully saturated rings. The van der Waals surface area contributed by atoms with E-state index in [-0.39, 0.29) is 11.8 Å². The second-order valence-electron chi connectivity index (χ2n) is 7.06. The average Bonchev–Trinajstić information content (AvgIpc) is 2.37. The van der Waals surface area contributed by atoms with Crippen molar-refractivity contribution in [3.63, 3.8) is 0 Å². The van der Waals surface area contributed by atoms with Crippen LogP contribution in [0.5, 0.6) is 0 Å². The summed E-state index contributed by atoms with van der Waals surface area (Å²) in [5.74, 6) is 0.900. The van der Waals surface area contributed by atoms with Gasteiger partial charge in [0.25, 0.3) is 0 Å². The number of piperidine rings is 1. The van der Waals surface area contributed by atoms with Crippen molar-refractivity contribution >= 4 is 11.8 Å². The normalized spacial score (nSPS) is 20.1. The van der Waals surface area contributed by atoms with E-state index in [2.05, 4.69) is 26.1 Å². The van der Waals surface area contributed by atoms with Crippen molar-refractivity contribution in [2.45, 2.75) is 53.9 Å². The molecule has 116 valence electrons. The monoisotopic (exact) mass is 282 g/mol. The molecule has 0 bridgehead atoms. The highest BCUT2D eigenvalue weighted by Gasteiger charge is 2.39. The summed E-state index contributed by atoms with van der Waals surface area (Å²) >= 11 is 0. The quantitative estimate of drug-likeness (QED) is 0.787. The summed E-state index contributed by atoms with van der Waals surface area (Å²) in [7, 11) is 0. The van der Waals surface area contributed by atoms with Gasteiger partial charge >= 0.3 is 0 Å². The standard InChI is InChI=1S/C16H30N2O2/c1-12(2)8-9-17-14(19)16(4,5)15(20)18-10-6-7-13(3)11-18/h12-13H,6-11H2,1-5H3,(H,17,19). The van der Waals surface area contributed by atoms with E-state index in [1.165, 1.54) is 6.42 Å². The zero-order valence-electron chi connectivity index (χ0n) is 13.7. The van der Waals surface area contributed by atoms with Crippen molar-refractivity contribution in [3.05, 3.63) is 0 Å². The average molecular weight is 282 g/mol. The van der Waals surface area contributed by atoms with Crippen LogP contribution >= 0.6 is 0 Å². The number of hydrogen-bond acceptors (Lipinski definition) is 2. The Labute approximate surface area is 123 Å². The van der Waals surface area contributed by atoms with Gasteiger partial charge in [0, 0.05) is 19.6 Å². The number of carbonyl (C=O) groups excluding carboxylic acids is 2. The molecule has 2 amide bonds. The summed E-state index contributed by atoms with van der Waals surface area (Å²) < 4.78 is 0. The summed E-state index contributed by atoms with van der Waals surface area (Å²) in [6.45, 7) is 12.1. The highest BCUT2D eigenvalue weighted by Crippen LogP contribution is 2.24. The van der Waals surface area contributed by atoms with Gasteiger partial charge in [0.1, 0.15) is 5.41 Å². The summed E-state index contributed by atoms with van der Waals surface area (Å²) in [5, 5.41) is 2.90. The molecular weight excluding hydrogens is 252 g/mol. The summed E-state index contributed by atoms with van der Waals surface area (Å²) in [6.07, 6.45) is 3.15. The van der Waals surface area contributed by atoms with Crippen LogP contribution in [0.3, 0.4) is 0 Å². The molecule has 1 aliphatic heterocycles. The second kappa shape index (κ2) is 7.09. The van der Waals surface area contributed by atoms with Gasteiger partial charge in [0.15, 0.2) is 0 Å². The predicted molar refractivity (Wildman–Crippen MR) is 81.2 cm³/mol. The lowest BCUT2D eigenvalue weighted by atomic mass is 9.88. The minimum absolute atomic E-state index is 0.0360. The van der Waals surface area contributed by atoms with E-state index in [0.717, 1.165) is 25.9 Å². The highest BCUT2D eigenvalue weighted by molar-refractivity contribution is 6.04. The van der Waals surface area contributed by atoms with Gasteiger partial charge in [-0.2, -0.15) is 0 Å². The molecule has 1 atom stereocenters. The Morgan fingerprint density at radius 2 is 2.00 bits per heavy atom. The van der Waals surface area contributed by atoms with Gasteiger partial charge in [-0.3, -0.25) is 9.59 Å². The summed E-state index contributed by atoms with van der Waals surface area (Å²) in [4.78, 5) is 26.7. The lowest BCUT2D eigenvalue weighted by Crippen LogP contribution is -2.52. The van der Waals surface area contributed by atoms with Gasteiger partial charge in [0.2, 0.25) is 11.8 Å². The van der Waals surface area contributed by atoms with Crippen LogP contribution in [-0.2, 0) is 9.59 Å². The van der Waals surface area contributed by atoms with Crippen molar-refractivity contribution in [2.24, 2.45) is 17.3 Å². The van der Waals surface area contributed by atoms with E-state index in [1.54, 1.807) is 13.8 Å². The second-order valence-corrected chi connectivity index (χ2v) is 7.06. The first-order valence-corrected chi connectivity index (χ1v) is 7.82. The lowest BCUT2D eigenvalue weighted by Gasteiger charge is -2.36. The largest absolute Gasteiger partial charge is 0.355 e. The molecule has 0 radical (unpaired) electrons. The Morgan fingerprint density at radius 1 is 1.35 bits per heavy atom. The minimum atomic E-state index is -0.964. The number of amides is 2. The molecule has 1 N–H and O–H groups in total. The molecule has 1 saturated heterocycles. The maximum absolute atomic E-state index is 12.6. The van der Waals surface area contributed by atoms with Gasteiger partial charge in [0.05, 0.1) is 0 Å². The topological polar surface area (TPSA) is 49.4 Å². The molecular formula is C16H30N2O2. The molecule has 20 heavy (non-hydrogen) atoms. The third kappa shape index (κ3) is 4.50. The van der Waals surface area contributed by atoms with E-state index in [0.29, 0.717) is 18.4 Å². The molecule has 1 heterocycles. The maximum Gasteiger partial charge on any atom is 0.237 e. The molecule has 1 rings (SSSR count). The van der Waals surface area contributed by atoms with Gasteiger partial charge in [-0.05, 0) is 44.9 Å². The minimum Gasteiger partial charge on any atom is -0.355 e. The van der Waals surface area contributed by atoms with E-state index in [4.69, 9.17) is 0 Å². The molecule has 0 aromatic heterocycles. The zero-order valence-corrected chi connectivity index (χ0v) is 13.7. The third-order valence-corrected chi connectivity index (χ3v) is 4.05. The van der Waals surface area contributed by atoms with Crippen LogP contribution in [0.25, 0.3) is 0 Å². The molecule has 4 heteroatoms. The van der Waals surface area contributed by atoms with Crippen molar-refractivity contribution in [1.29, 1.82) is 0 Å². The van der Waals surface area contributed by atoms with Crippen LogP contribution in [0.1, 0.15) is 53.9 Å². The Bertz CT molecular complexity index is 350. The molecule has 0 aromatic carbocycles. The van der Waals surface area contributed by atoms with Crippen LogP contribution in [0.2, 0.25) is 0 Å². The number of nitrogens with one attached hydrogen (secondary N) is 1. The fourth-order valence-corrected chi connectivity index (χ4v) is 2.56. The van der Waals surface area contributed by atoms with Crippen molar-refractivity contribution in [2.75, 3.05) is 19.6 Å². The Hall–Kier alpha value is -1.06. The van der Waals surface area contributed by atoms with E-state index in [9.17, 15) is 9.59 Å². The number of likely N-dealkylation sites (tertiary alicyclic amines) is 1. The van der Waals surface area contributed by atoms with Gasteiger partial charge in [-0.25, -0.2) is 0 Å². The molecule has 1 aliphatic rings. The van der Waals surface area contributed by atoms with Gasteiger partial charge in [-0.1, -0.05) is 20.8 Å². The molecule has 0 aliphatic carbocycles. The number of carbonyl (C=O) groups is 2. The molecule has 0 aromatic rings. The van der Waals surface area contributed by atoms with Crippen LogP contribution in [0.15, 0.2) is 0 Å². The van der Waals surface area contributed by atoms with Gasteiger partial charge in [-0.15, -0.1) is 0 Å². The molecule has 1 unspecified atom stereocenters. The number of hydrogen-bond donors (Lipinski definition) is 1. The Balaban J connectivity index is 2.57. The van der Waals surface area contributed by atoms with E-state index >= 15 is 0 Å². The number of nitrogens with zero attached hydrogens (tertiary/aromatic N) is 1. The van der Waals surface area contributed by atoms with Crippen molar-refractivity contribution < 1.29 is 9.59 Å². The highest BCUT2D eigenvalue weighted by atomic mass is 16.2. The van der Waals surface area contributed by atoms with Gasteiger partial charge < -0.3 is 10.2 Å². The van der Waals surface area contributed by atoms with Crippen LogP contribution < -0.4 is 5.32 Å². The first-order chi connectivity index (χ1) is 9.25. The van der Waals surface area contributed by atoms with Crippen molar-refractivity contribution in [1.82, 2.24) is 10.2 Å². The molecule has 0 saturated carbocycles. The Kier molecular flexibility index (Phi) is 6.03. The zero-order chi connectivity index (χ0) is 15.3. The number of rotatable bonds is 5. The van der Waals surface area contributed by atoms with Crippen LogP contribution in [0, 0.1) is 17.3 Å². The third-order valence-electron chi connectivity index (χ3n) is 4.05. The maximum atomic E-state index is 12.6. The predicted octanol–water partition coefficient (Wildman–Crippen LogP) is 2.43. The SMILES string of the molecule is CC(C)CCNC(=O)C(C)(C)C(=O)N1CCCC(C)C1. The first kappa shape index (κ1) is 17.0. The first-order valence-electron chi connectivity index (χ1n) is 7.82. The smallest absolute Gasteiger partial charge is 0.237 e.